The fraction of sp³-hybridized carbons (Fsp3) is 0.538. The molecule has 1 unspecified atom stereocenters. The standard InChI is InChI=1S/C13H21FN2O/c1-2-3-10(6-7-17)9-16-13-5-4-11(15)8-12(13)14/h4-5,8,10,16-17H,2-3,6-7,9,15H2,1H3. The number of nitrogen functional groups attached to an aromatic ring is 1. The van der Waals surface area contributed by atoms with E-state index < -0.39 is 0 Å². The third-order valence-electron chi connectivity index (χ3n) is 2.81. The Hall–Kier alpha value is -1.29. The summed E-state index contributed by atoms with van der Waals surface area (Å²) < 4.78 is 13.5. The Balaban J connectivity index is 2.52. The maximum Gasteiger partial charge on any atom is 0.148 e. The molecule has 0 aliphatic rings. The minimum absolute atomic E-state index is 0.177. The molecular weight excluding hydrogens is 219 g/mol. The van der Waals surface area contributed by atoms with Gasteiger partial charge < -0.3 is 16.2 Å². The summed E-state index contributed by atoms with van der Waals surface area (Å²) in [5, 5.41) is 12.0. The second-order valence-corrected chi connectivity index (χ2v) is 4.29. The van der Waals surface area contributed by atoms with Crippen molar-refractivity contribution in [3.8, 4) is 0 Å². The summed E-state index contributed by atoms with van der Waals surface area (Å²) in [5.74, 6) is 0.0474. The van der Waals surface area contributed by atoms with E-state index in [2.05, 4.69) is 12.2 Å². The lowest BCUT2D eigenvalue weighted by Crippen LogP contribution is -2.16. The van der Waals surface area contributed by atoms with Gasteiger partial charge in [0, 0.05) is 18.8 Å². The molecule has 4 heteroatoms. The molecule has 96 valence electrons. The van der Waals surface area contributed by atoms with Crippen LogP contribution in [0.1, 0.15) is 26.2 Å². The van der Waals surface area contributed by atoms with E-state index in [1.165, 1.54) is 6.07 Å². The SMILES string of the molecule is CCCC(CCO)CNc1ccc(N)cc1F. The van der Waals surface area contributed by atoms with Gasteiger partial charge in [0.15, 0.2) is 0 Å². The molecule has 3 nitrogen and oxygen atoms in total. The lowest BCUT2D eigenvalue weighted by molar-refractivity contribution is 0.255. The predicted molar refractivity (Wildman–Crippen MR) is 69.4 cm³/mol. The van der Waals surface area contributed by atoms with Gasteiger partial charge in [-0.25, -0.2) is 4.39 Å². The molecule has 0 amide bonds. The van der Waals surface area contributed by atoms with Crippen molar-refractivity contribution in [3.05, 3.63) is 24.0 Å². The third-order valence-corrected chi connectivity index (χ3v) is 2.81. The molecular formula is C13H21FN2O. The Kier molecular flexibility index (Phi) is 5.77. The quantitative estimate of drug-likeness (QED) is 0.642. The van der Waals surface area contributed by atoms with Gasteiger partial charge in [0.05, 0.1) is 5.69 Å². The first-order valence-corrected chi connectivity index (χ1v) is 6.07. The zero-order valence-electron chi connectivity index (χ0n) is 10.2. The van der Waals surface area contributed by atoms with Crippen LogP contribution in [-0.2, 0) is 0 Å². The first-order valence-electron chi connectivity index (χ1n) is 6.07. The average molecular weight is 240 g/mol. The molecule has 1 rings (SSSR count). The minimum Gasteiger partial charge on any atom is -0.399 e. The van der Waals surface area contributed by atoms with Crippen molar-refractivity contribution in [1.29, 1.82) is 0 Å². The maximum absolute atomic E-state index is 13.5. The van der Waals surface area contributed by atoms with Gasteiger partial charge in [0.2, 0.25) is 0 Å². The number of hydrogen-bond donors (Lipinski definition) is 3. The molecule has 0 saturated heterocycles. The summed E-state index contributed by atoms with van der Waals surface area (Å²) in [6, 6.07) is 4.63. The van der Waals surface area contributed by atoms with Crippen LogP contribution in [0.4, 0.5) is 15.8 Å². The molecule has 0 aliphatic carbocycles. The number of anilines is 2. The largest absolute Gasteiger partial charge is 0.399 e. The molecule has 0 fully saturated rings. The first kappa shape index (κ1) is 13.8. The highest BCUT2D eigenvalue weighted by molar-refractivity contribution is 5.52. The molecule has 0 spiro atoms. The Morgan fingerprint density at radius 1 is 1.41 bits per heavy atom. The van der Waals surface area contributed by atoms with Gasteiger partial charge in [-0.15, -0.1) is 0 Å². The maximum atomic E-state index is 13.5. The van der Waals surface area contributed by atoms with Gasteiger partial charge in [-0.3, -0.25) is 0 Å². The normalized spacial score (nSPS) is 12.4. The number of nitrogens with two attached hydrogens (primary N) is 1. The van der Waals surface area contributed by atoms with Crippen molar-refractivity contribution in [2.75, 3.05) is 24.2 Å². The van der Waals surface area contributed by atoms with Crippen LogP contribution in [0.15, 0.2) is 18.2 Å². The molecule has 1 atom stereocenters. The van der Waals surface area contributed by atoms with Gasteiger partial charge in [-0.05, 0) is 37.0 Å². The Morgan fingerprint density at radius 3 is 2.76 bits per heavy atom. The highest BCUT2D eigenvalue weighted by atomic mass is 19.1. The van der Waals surface area contributed by atoms with E-state index in [0.29, 0.717) is 23.8 Å². The number of halogens is 1. The second-order valence-electron chi connectivity index (χ2n) is 4.29. The molecule has 0 heterocycles. The lowest BCUT2D eigenvalue weighted by atomic mass is 10.00. The summed E-state index contributed by atoms with van der Waals surface area (Å²) >= 11 is 0. The Bertz CT molecular complexity index is 338. The van der Waals surface area contributed by atoms with Gasteiger partial charge in [-0.1, -0.05) is 13.3 Å². The second kappa shape index (κ2) is 7.12. The van der Waals surface area contributed by atoms with Crippen LogP contribution in [0.2, 0.25) is 0 Å². The first-order chi connectivity index (χ1) is 8.17. The molecule has 17 heavy (non-hydrogen) atoms. The smallest absolute Gasteiger partial charge is 0.148 e. The van der Waals surface area contributed by atoms with Crippen LogP contribution >= 0.6 is 0 Å². The highest BCUT2D eigenvalue weighted by Gasteiger charge is 2.08. The third kappa shape index (κ3) is 4.61. The lowest BCUT2D eigenvalue weighted by Gasteiger charge is -2.16. The highest BCUT2D eigenvalue weighted by Crippen LogP contribution is 2.18. The number of rotatable bonds is 7. The molecule has 0 aliphatic heterocycles. The van der Waals surface area contributed by atoms with E-state index in [-0.39, 0.29) is 12.4 Å². The summed E-state index contributed by atoms with van der Waals surface area (Å²) in [6.45, 7) is 2.96. The van der Waals surface area contributed by atoms with Crippen molar-refractivity contribution in [1.82, 2.24) is 0 Å². The van der Waals surface area contributed by atoms with Crippen LogP contribution in [0, 0.1) is 11.7 Å². The van der Waals surface area contributed by atoms with E-state index in [4.69, 9.17) is 10.8 Å². The Morgan fingerprint density at radius 2 is 2.18 bits per heavy atom. The number of nitrogens with one attached hydrogen (secondary N) is 1. The number of benzene rings is 1. The molecule has 0 aromatic heterocycles. The summed E-state index contributed by atoms with van der Waals surface area (Å²) in [7, 11) is 0. The molecule has 1 aromatic rings. The van der Waals surface area contributed by atoms with E-state index >= 15 is 0 Å². The minimum atomic E-state index is -0.329. The van der Waals surface area contributed by atoms with Crippen LogP contribution in [-0.4, -0.2) is 18.3 Å². The molecule has 0 saturated carbocycles. The number of aliphatic hydroxyl groups excluding tert-OH is 1. The van der Waals surface area contributed by atoms with Crippen LogP contribution in [0.5, 0.6) is 0 Å². The number of aliphatic hydroxyl groups is 1. The van der Waals surface area contributed by atoms with E-state index in [0.717, 1.165) is 19.3 Å². The summed E-state index contributed by atoms with van der Waals surface area (Å²) in [5.41, 5.74) is 6.37. The average Bonchev–Trinajstić information content (AvgIpc) is 2.28. The predicted octanol–water partition coefficient (Wildman–Crippen LogP) is 2.62. The van der Waals surface area contributed by atoms with Crippen molar-refractivity contribution in [3.63, 3.8) is 0 Å². The van der Waals surface area contributed by atoms with Crippen molar-refractivity contribution in [2.24, 2.45) is 5.92 Å². The van der Waals surface area contributed by atoms with E-state index in [1.54, 1.807) is 12.1 Å². The molecule has 1 aromatic carbocycles. The molecule has 4 N–H and O–H groups in total. The van der Waals surface area contributed by atoms with Gasteiger partial charge >= 0.3 is 0 Å². The van der Waals surface area contributed by atoms with Crippen LogP contribution in [0.3, 0.4) is 0 Å². The van der Waals surface area contributed by atoms with Gasteiger partial charge in [0.1, 0.15) is 5.82 Å². The summed E-state index contributed by atoms with van der Waals surface area (Å²) in [6.07, 6.45) is 2.85. The monoisotopic (exact) mass is 240 g/mol. The fourth-order valence-electron chi connectivity index (χ4n) is 1.87. The van der Waals surface area contributed by atoms with Crippen molar-refractivity contribution in [2.45, 2.75) is 26.2 Å². The molecule has 0 radical (unpaired) electrons. The summed E-state index contributed by atoms with van der Waals surface area (Å²) in [4.78, 5) is 0. The van der Waals surface area contributed by atoms with E-state index in [1.807, 2.05) is 0 Å². The van der Waals surface area contributed by atoms with Crippen LogP contribution < -0.4 is 11.1 Å². The zero-order valence-corrected chi connectivity index (χ0v) is 10.2. The zero-order chi connectivity index (χ0) is 12.7. The van der Waals surface area contributed by atoms with Gasteiger partial charge in [0.25, 0.3) is 0 Å². The van der Waals surface area contributed by atoms with E-state index in [9.17, 15) is 4.39 Å². The van der Waals surface area contributed by atoms with Crippen molar-refractivity contribution < 1.29 is 9.50 Å². The topological polar surface area (TPSA) is 58.3 Å². The fourth-order valence-corrected chi connectivity index (χ4v) is 1.87. The van der Waals surface area contributed by atoms with Crippen LogP contribution in [0.25, 0.3) is 0 Å². The van der Waals surface area contributed by atoms with Crippen molar-refractivity contribution >= 4 is 11.4 Å². The molecule has 0 bridgehead atoms. The van der Waals surface area contributed by atoms with Gasteiger partial charge in [-0.2, -0.15) is 0 Å². The Labute approximate surface area is 102 Å². The number of hydrogen-bond acceptors (Lipinski definition) is 3.